The first-order valence-corrected chi connectivity index (χ1v) is 15.4. The second-order valence-corrected chi connectivity index (χ2v) is 11.2. The molecule has 7 aromatic rings. The predicted molar refractivity (Wildman–Crippen MR) is 189 cm³/mol. The van der Waals surface area contributed by atoms with Gasteiger partial charge in [-0.1, -0.05) is 127 Å². The van der Waals surface area contributed by atoms with Gasteiger partial charge in [0.15, 0.2) is 17.5 Å². The molecule has 7 rings (SSSR count). The molecular weight excluding hydrogens is 594 g/mol. The Kier molecular flexibility index (Phi) is 8.36. The van der Waals surface area contributed by atoms with Crippen LogP contribution in [0.3, 0.4) is 0 Å². The highest BCUT2D eigenvalue weighted by atomic mass is 16.1. The van der Waals surface area contributed by atoms with E-state index < -0.39 is 0 Å². The van der Waals surface area contributed by atoms with Crippen LogP contribution in [0, 0.1) is 0 Å². The zero-order valence-electron chi connectivity index (χ0n) is 25.7. The first-order chi connectivity index (χ1) is 23.6. The van der Waals surface area contributed by atoms with Crippen molar-refractivity contribution in [3.8, 4) is 67.5 Å². The van der Waals surface area contributed by atoms with E-state index in [1.807, 2.05) is 109 Å². The van der Waals surface area contributed by atoms with Crippen LogP contribution >= 0.6 is 0 Å². The molecule has 0 aliphatic carbocycles. The smallest absolute Gasteiger partial charge is 0.164 e. The van der Waals surface area contributed by atoms with E-state index in [-0.39, 0.29) is 0 Å². The zero-order chi connectivity index (χ0) is 32.9. The number of carbonyl (C=O) groups is 3. The van der Waals surface area contributed by atoms with Crippen molar-refractivity contribution in [2.45, 2.75) is 0 Å². The Morgan fingerprint density at radius 2 is 0.583 bits per heavy atom. The van der Waals surface area contributed by atoms with Crippen LogP contribution in [0.25, 0.3) is 67.5 Å². The largest absolute Gasteiger partial charge is 0.298 e. The number of aromatic nitrogens is 3. The minimum absolute atomic E-state index is 0.337. The summed E-state index contributed by atoms with van der Waals surface area (Å²) in [7, 11) is 0. The molecule has 6 aromatic carbocycles. The average molecular weight is 622 g/mol. The summed E-state index contributed by atoms with van der Waals surface area (Å²) >= 11 is 0. The third-order valence-corrected chi connectivity index (χ3v) is 8.15. The van der Waals surface area contributed by atoms with E-state index in [1.165, 1.54) is 0 Å². The summed E-state index contributed by atoms with van der Waals surface area (Å²) in [5.74, 6) is 1.01. The highest BCUT2D eigenvalue weighted by molar-refractivity contribution is 5.91. The fraction of sp³-hybridized carbons (Fsp3) is 0. The van der Waals surface area contributed by atoms with Crippen LogP contribution in [-0.4, -0.2) is 33.8 Å². The predicted octanol–water partition coefficient (Wildman–Crippen LogP) is 9.31. The topological polar surface area (TPSA) is 89.9 Å². The fourth-order valence-electron chi connectivity index (χ4n) is 5.81. The second-order valence-electron chi connectivity index (χ2n) is 11.2. The van der Waals surface area contributed by atoms with Gasteiger partial charge in [0.1, 0.15) is 18.9 Å². The highest BCUT2D eigenvalue weighted by Gasteiger charge is 2.21. The molecule has 1 heterocycles. The van der Waals surface area contributed by atoms with Crippen molar-refractivity contribution in [2.75, 3.05) is 0 Å². The lowest BCUT2D eigenvalue weighted by Crippen LogP contribution is -2.04. The summed E-state index contributed by atoms with van der Waals surface area (Å²) in [6.07, 6.45) is 2.39. The van der Waals surface area contributed by atoms with Crippen LogP contribution in [0.4, 0.5) is 0 Å². The van der Waals surface area contributed by atoms with Gasteiger partial charge in [-0.05, 0) is 51.6 Å². The van der Waals surface area contributed by atoms with E-state index in [0.717, 1.165) is 52.2 Å². The first kappa shape index (κ1) is 30.0. The molecule has 0 saturated carbocycles. The normalized spacial score (nSPS) is 10.8. The Morgan fingerprint density at radius 1 is 0.312 bits per heavy atom. The second kappa shape index (κ2) is 13.4. The molecule has 0 aliphatic heterocycles. The van der Waals surface area contributed by atoms with Gasteiger partial charge in [-0.15, -0.1) is 0 Å². The lowest BCUT2D eigenvalue weighted by atomic mass is 9.95. The minimum Gasteiger partial charge on any atom is -0.298 e. The molecule has 0 saturated heterocycles. The minimum atomic E-state index is 0.337. The van der Waals surface area contributed by atoms with Gasteiger partial charge in [0, 0.05) is 33.4 Å². The Hall–Kier alpha value is -6.66. The molecule has 0 fully saturated rings. The number of rotatable bonds is 9. The van der Waals surface area contributed by atoms with E-state index >= 15 is 0 Å². The molecular formula is C42H27N3O3. The Morgan fingerprint density at radius 3 is 0.833 bits per heavy atom. The van der Waals surface area contributed by atoms with Gasteiger partial charge in [0.25, 0.3) is 0 Å². The number of hydrogen-bond acceptors (Lipinski definition) is 6. The van der Waals surface area contributed by atoms with Crippen LogP contribution in [0.5, 0.6) is 0 Å². The van der Waals surface area contributed by atoms with Gasteiger partial charge in [0.2, 0.25) is 0 Å². The van der Waals surface area contributed by atoms with Gasteiger partial charge >= 0.3 is 0 Å². The summed E-state index contributed by atoms with van der Waals surface area (Å²) in [4.78, 5) is 51.3. The van der Waals surface area contributed by atoms with Crippen LogP contribution < -0.4 is 0 Å². The van der Waals surface area contributed by atoms with E-state index in [4.69, 9.17) is 15.0 Å². The average Bonchev–Trinajstić information content (AvgIpc) is 3.18. The SMILES string of the molecule is O=Cc1ccc(-c2ccccc2)c(-c2nc(-c3cc(C=O)ccc3-c3ccccc3)nc(-c3cc(C=O)ccc3-c3ccccc3)n2)c1. The van der Waals surface area contributed by atoms with E-state index in [9.17, 15) is 14.4 Å². The third kappa shape index (κ3) is 5.98. The number of benzene rings is 6. The number of hydrogen-bond donors (Lipinski definition) is 0. The molecule has 0 spiro atoms. The maximum atomic E-state index is 12.0. The van der Waals surface area contributed by atoms with Crippen molar-refractivity contribution in [3.63, 3.8) is 0 Å². The van der Waals surface area contributed by atoms with Crippen LogP contribution in [0.15, 0.2) is 146 Å². The molecule has 0 amide bonds. The Bertz CT molecular complexity index is 2010. The van der Waals surface area contributed by atoms with Crippen molar-refractivity contribution in [2.24, 2.45) is 0 Å². The van der Waals surface area contributed by atoms with Crippen molar-refractivity contribution in [3.05, 3.63) is 162 Å². The molecule has 0 radical (unpaired) electrons. The fourth-order valence-corrected chi connectivity index (χ4v) is 5.81. The molecule has 0 atom stereocenters. The van der Waals surface area contributed by atoms with Crippen LogP contribution in [0.1, 0.15) is 31.1 Å². The Balaban J connectivity index is 1.57. The standard InChI is InChI=1S/C42H27N3O3/c46-25-28-16-19-34(31-10-4-1-5-11-31)37(22-28)40-43-41(38-23-29(26-47)17-20-35(38)32-12-6-2-7-13-32)45-42(44-40)39-24-30(27-48)18-21-36(39)33-14-8-3-9-15-33/h1-27H. The van der Waals surface area contributed by atoms with Gasteiger partial charge in [-0.2, -0.15) is 0 Å². The molecule has 0 N–H and O–H groups in total. The number of carbonyl (C=O) groups excluding carboxylic acids is 3. The number of aldehydes is 3. The first-order valence-electron chi connectivity index (χ1n) is 15.4. The van der Waals surface area contributed by atoms with Crippen molar-refractivity contribution < 1.29 is 14.4 Å². The van der Waals surface area contributed by atoms with E-state index in [0.29, 0.717) is 50.9 Å². The van der Waals surface area contributed by atoms with Crippen LogP contribution in [0.2, 0.25) is 0 Å². The lowest BCUT2D eigenvalue weighted by Gasteiger charge is -2.16. The molecule has 228 valence electrons. The molecule has 48 heavy (non-hydrogen) atoms. The summed E-state index contributed by atoms with van der Waals surface area (Å²) in [5, 5.41) is 0. The summed E-state index contributed by atoms with van der Waals surface area (Å²) in [6.45, 7) is 0. The molecule has 0 unspecified atom stereocenters. The molecule has 1 aromatic heterocycles. The third-order valence-electron chi connectivity index (χ3n) is 8.15. The van der Waals surface area contributed by atoms with Crippen molar-refractivity contribution >= 4 is 18.9 Å². The van der Waals surface area contributed by atoms with E-state index in [1.54, 1.807) is 36.4 Å². The van der Waals surface area contributed by atoms with Crippen molar-refractivity contribution in [1.82, 2.24) is 15.0 Å². The van der Waals surface area contributed by atoms with Gasteiger partial charge < -0.3 is 0 Å². The monoisotopic (exact) mass is 621 g/mol. The highest BCUT2D eigenvalue weighted by Crippen LogP contribution is 2.38. The summed E-state index contributed by atoms with van der Waals surface area (Å²) in [6, 6.07) is 45.8. The quantitative estimate of drug-likeness (QED) is 0.149. The summed E-state index contributed by atoms with van der Waals surface area (Å²) in [5.41, 5.74) is 8.58. The molecule has 0 aliphatic rings. The van der Waals surface area contributed by atoms with Crippen LogP contribution in [-0.2, 0) is 0 Å². The number of nitrogens with zero attached hydrogens (tertiary/aromatic N) is 3. The van der Waals surface area contributed by atoms with E-state index in [2.05, 4.69) is 0 Å². The lowest BCUT2D eigenvalue weighted by molar-refractivity contribution is 0.111. The van der Waals surface area contributed by atoms with Gasteiger partial charge in [-0.25, -0.2) is 15.0 Å². The van der Waals surface area contributed by atoms with Gasteiger partial charge in [0.05, 0.1) is 0 Å². The zero-order valence-corrected chi connectivity index (χ0v) is 25.7. The maximum absolute atomic E-state index is 12.0. The Labute approximate surface area is 277 Å². The van der Waals surface area contributed by atoms with Gasteiger partial charge in [-0.3, -0.25) is 14.4 Å². The maximum Gasteiger partial charge on any atom is 0.164 e. The molecule has 6 heteroatoms. The summed E-state index contributed by atoms with van der Waals surface area (Å²) < 4.78 is 0. The molecule has 0 bridgehead atoms. The molecule has 6 nitrogen and oxygen atoms in total. The van der Waals surface area contributed by atoms with Crippen molar-refractivity contribution in [1.29, 1.82) is 0 Å².